The monoisotopic (exact) mass is 265 g/mol. The summed E-state index contributed by atoms with van der Waals surface area (Å²) in [6.07, 6.45) is 1.16. The molecule has 0 unspecified atom stereocenters. The Morgan fingerprint density at radius 3 is 2.84 bits per heavy atom. The van der Waals surface area contributed by atoms with Crippen LogP contribution in [0.2, 0.25) is 0 Å². The molecule has 19 heavy (non-hydrogen) atoms. The van der Waals surface area contributed by atoms with Gasteiger partial charge in [0, 0.05) is 39.9 Å². The zero-order chi connectivity index (χ0) is 13.7. The van der Waals surface area contributed by atoms with E-state index in [0.29, 0.717) is 6.61 Å². The minimum atomic E-state index is 0.441. The zero-order valence-electron chi connectivity index (χ0n) is 12.0. The van der Waals surface area contributed by atoms with Gasteiger partial charge in [-0.2, -0.15) is 0 Å². The second-order valence-corrected chi connectivity index (χ2v) is 4.85. The zero-order valence-corrected chi connectivity index (χ0v) is 12.0. The third-order valence-corrected chi connectivity index (χ3v) is 3.33. The van der Waals surface area contributed by atoms with Crippen molar-refractivity contribution in [3.8, 4) is 0 Å². The van der Waals surface area contributed by atoms with Gasteiger partial charge < -0.3 is 19.9 Å². The lowest BCUT2D eigenvalue weighted by molar-refractivity contribution is 0.178. The smallest absolute Gasteiger partial charge is 0.158 e. The van der Waals surface area contributed by atoms with Gasteiger partial charge in [-0.15, -0.1) is 0 Å². The van der Waals surface area contributed by atoms with Crippen LogP contribution in [0.15, 0.2) is 6.07 Å². The first-order chi connectivity index (χ1) is 9.22. The molecule has 1 N–H and O–H groups in total. The fraction of sp³-hybridized carbons (Fsp3) is 0.692. The Hall–Kier alpha value is -1.40. The molecule has 0 radical (unpaired) electrons. The Morgan fingerprint density at radius 2 is 2.11 bits per heavy atom. The average Bonchev–Trinajstić information content (AvgIpc) is 2.63. The van der Waals surface area contributed by atoms with E-state index in [1.807, 2.05) is 13.1 Å². The van der Waals surface area contributed by atoms with Gasteiger partial charge in [0.05, 0.1) is 0 Å². The van der Waals surface area contributed by atoms with Crippen LogP contribution in [0.5, 0.6) is 0 Å². The van der Waals surface area contributed by atoms with E-state index in [0.717, 1.165) is 50.1 Å². The first-order valence-electron chi connectivity index (χ1n) is 6.71. The third kappa shape index (κ3) is 3.78. The van der Waals surface area contributed by atoms with Crippen LogP contribution in [0.4, 0.5) is 11.6 Å². The highest BCUT2D eigenvalue weighted by Gasteiger charge is 2.15. The molecule has 0 aliphatic carbocycles. The summed E-state index contributed by atoms with van der Waals surface area (Å²) in [4.78, 5) is 13.7. The maximum atomic E-state index is 5.13. The number of likely N-dealkylation sites (N-methyl/N-ethyl adjacent to an activating group) is 1. The van der Waals surface area contributed by atoms with Gasteiger partial charge in [0.2, 0.25) is 0 Å². The van der Waals surface area contributed by atoms with Gasteiger partial charge in [-0.25, -0.2) is 9.97 Å². The molecule has 6 nitrogen and oxygen atoms in total. The molecule has 1 aromatic rings. The summed E-state index contributed by atoms with van der Waals surface area (Å²) in [6.45, 7) is 4.69. The van der Waals surface area contributed by atoms with Gasteiger partial charge in [0.1, 0.15) is 18.2 Å². The Kier molecular flexibility index (Phi) is 4.93. The lowest BCUT2D eigenvalue weighted by Gasteiger charge is -2.22. The summed E-state index contributed by atoms with van der Waals surface area (Å²) < 4.78 is 5.13. The minimum absolute atomic E-state index is 0.441. The molecule has 2 rings (SSSR count). The molecule has 0 spiro atoms. The van der Waals surface area contributed by atoms with Crippen molar-refractivity contribution in [3.05, 3.63) is 11.9 Å². The highest BCUT2D eigenvalue weighted by molar-refractivity contribution is 5.49. The SMILES string of the molecule is CNc1cc(N2CCCN(C)CC2)nc(COC)n1. The molecule has 2 heterocycles. The van der Waals surface area contributed by atoms with Crippen LogP contribution in [0.1, 0.15) is 12.2 Å². The molecule has 1 aliphatic rings. The van der Waals surface area contributed by atoms with Gasteiger partial charge in [0.25, 0.3) is 0 Å². The molecule has 1 aromatic heterocycles. The number of hydrogen-bond acceptors (Lipinski definition) is 6. The largest absolute Gasteiger partial charge is 0.377 e. The molecule has 6 heteroatoms. The first kappa shape index (κ1) is 14.0. The maximum absolute atomic E-state index is 5.13. The third-order valence-electron chi connectivity index (χ3n) is 3.33. The number of methoxy groups -OCH3 is 1. The summed E-state index contributed by atoms with van der Waals surface area (Å²) in [5.74, 6) is 2.55. The fourth-order valence-corrected chi connectivity index (χ4v) is 2.24. The molecular weight excluding hydrogens is 242 g/mol. The second-order valence-electron chi connectivity index (χ2n) is 4.85. The number of anilines is 2. The van der Waals surface area contributed by atoms with Crippen LogP contribution >= 0.6 is 0 Å². The summed E-state index contributed by atoms with van der Waals surface area (Å²) in [5.41, 5.74) is 0. The van der Waals surface area contributed by atoms with Crippen molar-refractivity contribution in [2.45, 2.75) is 13.0 Å². The predicted molar refractivity (Wildman–Crippen MR) is 76.6 cm³/mol. The standard InChI is InChI=1S/C13H23N5O/c1-14-11-9-13(16-12(15-11)10-19-3)18-6-4-5-17(2)7-8-18/h9H,4-8,10H2,1-3H3,(H,14,15,16). The molecule has 0 aromatic carbocycles. The molecular formula is C13H23N5O. The lowest BCUT2D eigenvalue weighted by Crippen LogP contribution is -2.29. The van der Waals surface area contributed by atoms with E-state index in [4.69, 9.17) is 4.74 Å². The van der Waals surface area contributed by atoms with Crippen molar-refractivity contribution in [3.63, 3.8) is 0 Å². The molecule has 0 atom stereocenters. The van der Waals surface area contributed by atoms with E-state index >= 15 is 0 Å². The van der Waals surface area contributed by atoms with Crippen molar-refractivity contribution >= 4 is 11.6 Å². The number of nitrogens with one attached hydrogen (secondary N) is 1. The topological polar surface area (TPSA) is 53.5 Å². The molecule has 1 fully saturated rings. The number of rotatable bonds is 4. The molecule has 0 amide bonds. The highest BCUT2D eigenvalue weighted by Crippen LogP contribution is 2.17. The normalized spacial score (nSPS) is 17.3. The van der Waals surface area contributed by atoms with Crippen molar-refractivity contribution in [2.24, 2.45) is 0 Å². The number of hydrogen-bond donors (Lipinski definition) is 1. The van der Waals surface area contributed by atoms with E-state index in [-0.39, 0.29) is 0 Å². The summed E-state index contributed by atoms with van der Waals surface area (Å²) >= 11 is 0. The molecule has 1 aliphatic heterocycles. The van der Waals surface area contributed by atoms with Gasteiger partial charge in [0.15, 0.2) is 5.82 Å². The van der Waals surface area contributed by atoms with Crippen LogP contribution in [-0.4, -0.2) is 62.3 Å². The highest BCUT2D eigenvalue weighted by atomic mass is 16.5. The van der Waals surface area contributed by atoms with Gasteiger partial charge in [-0.1, -0.05) is 0 Å². The van der Waals surface area contributed by atoms with Crippen molar-refractivity contribution in [1.82, 2.24) is 14.9 Å². The maximum Gasteiger partial charge on any atom is 0.158 e. The van der Waals surface area contributed by atoms with Crippen LogP contribution in [0.25, 0.3) is 0 Å². The average molecular weight is 265 g/mol. The Balaban J connectivity index is 2.19. The van der Waals surface area contributed by atoms with E-state index in [1.165, 1.54) is 0 Å². The van der Waals surface area contributed by atoms with E-state index < -0.39 is 0 Å². The Morgan fingerprint density at radius 1 is 1.26 bits per heavy atom. The van der Waals surface area contributed by atoms with E-state index in [2.05, 4.69) is 32.1 Å². The molecule has 1 saturated heterocycles. The van der Waals surface area contributed by atoms with Gasteiger partial charge in [-0.3, -0.25) is 0 Å². The molecule has 106 valence electrons. The second kappa shape index (κ2) is 6.68. The van der Waals surface area contributed by atoms with Crippen molar-refractivity contribution in [1.29, 1.82) is 0 Å². The quantitative estimate of drug-likeness (QED) is 0.869. The number of nitrogens with zero attached hydrogens (tertiary/aromatic N) is 4. The Bertz CT molecular complexity index is 412. The van der Waals surface area contributed by atoms with Crippen LogP contribution in [0.3, 0.4) is 0 Å². The van der Waals surface area contributed by atoms with Crippen LogP contribution in [-0.2, 0) is 11.3 Å². The fourth-order valence-electron chi connectivity index (χ4n) is 2.24. The Labute approximate surface area is 114 Å². The van der Waals surface area contributed by atoms with Crippen LogP contribution in [0, 0.1) is 0 Å². The first-order valence-corrected chi connectivity index (χ1v) is 6.71. The van der Waals surface area contributed by atoms with Crippen LogP contribution < -0.4 is 10.2 Å². The van der Waals surface area contributed by atoms with E-state index in [9.17, 15) is 0 Å². The summed E-state index contributed by atoms with van der Waals surface area (Å²) in [7, 11) is 5.70. The van der Waals surface area contributed by atoms with Gasteiger partial charge >= 0.3 is 0 Å². The van der Waals surface area contributed by atoms with Gasteiger partial charge in [-0.05, 0) is 20.0 Å². The number of ether oxygens (including phenoxy) is 1. The summed E-state index contributed by atoms with van der Waals surface area (Å²) in [5, 5.41) is 3.09. The van der Waals surface area contributed by atoms with Crippen molar-refractivity contribution < 1.29 is 4.74 Å². The molecule has 0 bridgehead atoms. The van der Waals surface area contributed by atoms with Crippen molar-refractivity contribution in [2.75, 3.05) is 57.6 Å². The molecule has 0 saturated carbocycles. The predicted octanol–water partition coefficient (Wildman–Crippen LogP) is 0.807. The number of aromatic nitrogens is 2. The summed E-state index contributed by atoms with van der Waals surface area (Å²) in [6, 6.07) is 2.00. The van der Waals surface area contributed by atoms with E-state index in [1.54, 1.807) is 7.11 Å². The minimum Gasteiger partial charge on any atom is -0.377 e. The lowest BCUT2D eigenvalue weighted by atomic mass is 10.3.